The maximum Gasteiger partial charge on any atom is 0.302 e. The highest BCUT2D eigenvalue weighted by molar-refractivity contribution is 5.74. The number of carbonyl (C=O) groups excluding carboxylic acids is 2. The monoisotopic (exact) mass is 348 g/mol. The van der Waals surface area contributed by atoms with Crippen LogP contribution in [0.15, 0.2) is 24.3 Å². The van der Waals surface area contributed by atoms with Gasteiger partial charge in [-0.25, -0.2) is 0 Å². The first kappa shape index (κ1) is 21.2. The topological polar surface area (TPSA) is 52.6 Å². The summed E-state index contributed by atoms with van der Waals surface area (Å²) in [6.07, 6.45) is 12.9. The quantitative estimate of drug-likeness (QED) is 0.244. The fourth-order valence-electron chi connectivity index (χ4n) is 2.67. The van der Waals surface area contributed by atoms with Crippen LogP contribution < -0.4 is 4.74 Å². The van der Waals surface area contributed by atoms with Crippen molar-refractivity contribution in [3.05, 3.63) is 29.8 Å². The summed E-state index contributed by atoms with van der Waals surface area (Å²) in [6.45, 7) is 2.76. The van der Waals surface area contributed by atoms with Crippen LogP contribution in [-0.4, -0.2) is 25.5 Å². The third kappa shape index (κ3) is 12.2. The number of rotatable bonds is 15. The van der Waals surface area contributed by atoms with E-state index >= 15 is 0 Å². The molecule has 140 valence electrons. The van der Waals surface area contributed by atoms with Crippen LogP contribution in [0.25, 0.3) is 0 Å². The Morgan fingerprint density at radius 1 is 0.800 bits per heavy atom. The summed E-state index contributed by atoms with van der Waals surface area (Å²) in [6, 6.07) is 7.24. The molecule has 4 heteroatoms. The molecule has 0 aliphatic rings. The van der Waals surface area contributed by atoms with Gasteiger partial charge in [-0.1, -0.05) is 51.4 Å². The third-order valence-corrected chi connectivity index (χ3v) is 4.13. The Morgan fingerprint density at radius 2 is 1.28 bits per heavy atom. The van der Waals surface area contributed by atoms with Crippen molar-refractivity contribution < 1.29 is 19.1 Å². The van der Waals surface area contributed by atoms with E-state index in [0.717, 1.165) is 37.9 Å². The number of esters is 1. The normalized spacial score (nSPS) is 10.4. The van der Waals surface area contributed by atoms with Crippen LogP contribution in [0, 0.1) is 0 Å². The molecule has 0 atom stereocenters. The fraction of sp³-hybridized carbons (Fsp3) is 0.619. The van der Waals surface area contributed by atoms with E-state index < -0.39 is 0 Å². The third-order valence-electron chi connectivity index (χ3n) is 4.13. The number of unbranched alkanes of at least 4 members (excludes halogenated alkanes) is 9. The van der Waals surface area contributed by atoms with Gasteiger partial charge in [-0.3, -0.25) is 9.59 Å². The molecule has 0 spiro atoms. The van der Waals surface area contributed by atoms with Gasteiger partial charge in [-0.05, 0) is 37.1 Å². The average Bonchev–Trinajstić information content (AvgIpc) is 2.62. The standard InChI is InChI=1S/C21H32O4/c1-19(23)24-16-10-8-6-4-2-3-5-7-9-11-17-25-21-14-12-20(18-22)13-15-21/h12-15,18H,2-11,16-17H2,1H3. The van der Waals surface area contributed by atoms with Gasteiger partial charge in [-0.15, -0.1) is 0 Å². The van der Waals surface area contributed by atoms with E-state index in [2.05, 4.69) is 0 Å². The molecule has 0 aliphatic carbocycles. The van der Waals surface area contributed by atoms with E-state index in [9.17, 15) is 9.59 Å². The molecule has 0 saturated heterocycles. The lowest BCUT2D eigenvalue weighted by Gasteiger charge is -2.06. The Kier molecular flexibility index (Phi) is 12.3. The first-order valence-electron chi connectivity index (χ1n) is 9.54. The molecule has 0 saturated carbocycles. The molecule has 4 nitrogen and oxygen atoms in total. The van der Waals surface area contributed by atoms with Crippen LogP contribution in [0.4, 0.5) is 0 Å². The van der Waals surface area contributed by atoms with Gasteiger partial charge in [0.1, 0.15) is 12.0 Å². The molecule has 1 rings (SSSR count). The average molecular weight is 348 g/mol. The summed E-state index contributed by atoms with van der Waals surface area (Å²) in [5, 5.41) is 0. The van der Waals surface area contributed by atoms with Crippen LogP contribution in [-0.2, 0) is 9.53 Å². The van der Waals surface area contributed by atoms with Crippen molar-refractivity contribution in [2.75, 3.05) is 13.2 Å². The zero-order valence-electron chi connectivity index (χ0n) is 15.5. The minimum absolute atomic E-state index is 0.179. The summed E-state index contributed by atoms with van der Waals surface area (Å²) in [5.74, 6) is 0.653. The first-order chi connectivity index (χ1) is 12.2. The summed E-state index contributed by atoms with van der Waals surface area (Å²) in [4.78, 5) is 21.2. The molecule has 0 heterocycles. The lowest BCUT2D eigenvalue weighted by Crippen LogP contribution is -2.00. The number of aldehydes is 1. The summed E-state index contributed by atoms with van der Waals surface area (Å²) >= 11 is 0. The molecule has 0 aliphatic heterocycles. The van der Waals surface area contributed by atoms with Gasteiger partial charge < -0.3 is 9.47 Å². The molecule has 0 unspecified atom stereocenters. The van der Waals surface area contributed by atoms with Gasteiger partial charge in [0.05, 0.1) is 13.2 Å². The Balaban J connectivity index is 1.81. The van der Waals surface area contributed by atoms with Crippen molar-refractivity contribution in [3.63, 3.8) is 0 Å². The SMILES string of the molecule is CC(=O)OCCCCCCCCCCCCOc1ccc(C=O)cc1. The summed E-state index contributed by atoms with van der Waals surface area (Å²) < 4.78 is 10.6. The van der Waals surface area contributed by atoms with Gasteiger partial charge in [0, 0.05) is 12.5 Å². The van der Waals surface area contributed by atoms with Crippen LogP contribution in [0.2, 0.25) is 0 Å². The smallest absolute Gasteiger partial charge is 0.302 e. The lowest BCUT2D eigenvalue weighted by atomic mass is 10.1. The zero-order valence-corrected chi connectivity index (χ0v) is 15.5. The molecular formula is C21H32O4. The van der Waals surface area contributed by atoms with Crippen molar-refractivity contribution in [2.45, 2.75) is 71.1 Å². The van der Waals surface area contributed by atoms with E-state index in [1.807, 2.05) is 12.1 Å². The summed E-state index contributed by atoms with van der Waals surface area (Å²) in [5.41, 5.74) is 0.678. The second-order valence-corrected chi connectivity index (χ2v) is 6.41. The predicted octanol–water partition coefficient (Wildman–Crippen LogP) is 5.34. The van der Waals surface area contributed by atoms with Crippen molar-refractivity contribution >= 4 is 12.3 Å². The minimum Gasteiger partial charge on any atom is -0.494 e. The van der Waals surface area contributed by atoms with E-state index in [0.29, 0.717) is 12.2 Å². The van der Waals surface area contributed by atoms with Crippen molar-refractivity contribution in [2.24, 2.45) is 0 Å². The molecule has 1 aromatic rings. The second-order valence-electron chi connectivity index (χ2n) is 6.41. The highest BCUT2D eigenvalue weighted by atomic mass is 16.5. The Bertz CT molecular complexity index is 467. The molecule has 0 bridgehead atoms. The fourth-order valence-corrected chi connectivity index (χ4v) is 2.67. The number of carbonyl (C=O) groups is 2. The van der Waals surface area contributed by atoms with E-state index in [-0.39, 0.29) is 5.97 Å². The van der Waals surface area contributed by atoms with Gasteiger partial charge in [-0.2, -0.15) is 0 Å². The highest BCUT2D eigenvalue weighted by Gasteiger charge is 1.97. The van der Waals surface area contributed by atoms with E-state index in [1.54, 1.807) is 12.1 Å². The van der Waals surface area contributed by atoms with Gasteiger partial charge in [0.2, 0.25) is 0 Å². The van der Waals surface area contributed by atoms with Crippen molar-refractivity contribution in [1.29, 1.82) is 0 Å². The van der Waals surface area contributed by atoms with Gasteiger partial charge in [0.25, 0.3) is 0 Å². The number of hydrogen-bond acceptors (Lipinski definition) is 4. The van der Waals surface area contributed by atoms with Crippen LogP contribution in [0.3, 0.4) is 0 Å². The van der Waals surface area contributed by atoms with E-state index in [4.69, 9.17) is 9.47 Å². The van der Waals surface area contributed by atoms with Gasteiger partial charge in [0.15, 0.2) is 0 Å². The predicted molar refractivity (Wildman–Crippen MR) is 100 cm³/mol. The Hall–Kier alpha value is -1.84. The van der Waals surface area contributed by atoms with Crippen molar-refractivity contribution in [1.82, 2.24) is 0 Å². The molecule has 25 heavy (non-hydrogen) atoms. The van der Waals surface area contributed by atoms with Crippen LogP contribution >= 0.6 is 0 Å². The maximum atomic E-state index is 10.6. The largest absolute Gasteiger partial charge is 0.494 e. The number of benzene rings is 1. The molecule has 0 N–H and O–H groups in total. The molecule has 0 amide bonds. The lowest BCUT2D eigenvalue weighted by molar-refractivity contribution is -0.141. The molecule has 0 fully saturated rings. The number of ether oxygens (including phenoxy) is 2. The Labute approximate surface area is 151 Å². The molecule has 1 aromatic carbocycles. The first-order valence-corrected chi connectivity index (χ1v) is 9.54. The van der Waals surface area contributed by atoms with Crippen molar-refractivity contribution in [3.8, 4) is 5.75 Å². The molecule has 0 radical (unpaired) electrons. The van der Waals surface area contributed by atoms with Crippen LogP contribution in [0.1, 0.15) is 81.5 Å². The second kappa shape index (κ2) is 14.5. The minimum atomic E-state index is -0.179. The summed E-state index contributed by atoms with van der Waals surface area (Å²) in [7, 11) is 0. The van der Waals surface area contributed by atoms with Gasteiger partial charge >= 0.3 is 5.97 Å². The molecular weight excluding hydrogens is 316 g/mol. The Morgan fingerprint density at radius 3 is 1.76 bits per heavy atom. The van der Waals surface area contributed by atoms with Crippen LogP contribution in [0.5, 0.6) is 5.75 Å². The maximum absolute atomic E-state index is 10.6. The van der Waals surface area contributed by atoms with E-state index in [1.165, 1.54) is 51.9 Å². The number of hydrogen-bond donors (Lipinski definition) is 0. The molecule has 0 aromatic heterocycles. The highest BCUT2D eigenvalue weighted by Crippen LogP contribution is 2.13. The zero-order chi connectivity index (χ0) is 18.2.